The van der Waals surface area contributed by atoms with E-state index < -0.39 is 0 Å². The van der Waals surface area contributed by atoms with Crippen LogP contribution in [0.3, 0.4) is 0 Å². The summed E-state index contributed by atoms with van der Waals surface area (Å²) in [5.74, 6) is 2.70. The molecule has 2 aromatic rings. The van der Waals surface area contributed by atoms with Crippen LogP contribution in [-0.4, -0.2) is 37.5 Å². The molecule has 0 aliphatic heterocycles. The van der Waals surface area contributed by atoms with E-state index in [1.165, 1.54) is 0 Å². The Kier molecular flexibility index (Phi) is 12.4. The highest BCUT2D eigenvalue weighted by Gasteiger charge is 2.09. The van der Waals surface area contributed by atoms with Crippen molar-refractivity contribution < 1.29 is 14.0 Å². The van der Waals surface area contributed by atoms with E-state index in [-0.39, 0.29) is 24.0 Å². The lowest BCUT2D eigenvalue weighted by molar-refractivity contribution is 0.110. The van der Waals surface area contributed by atoms with Gasteiger partial charge in [-0.3, -0.25) is 0 Å². The van der Waals surface area contributed by atoms with Crippen molar-refractivity contribution in [3.63, 3.8) is 0 Å². The molecule has 0 unspecified atom stereocenters. The molecule has 1 aromatic heterocycles. The Balaban J connectivity index is 0.00000450. The van der Waals surface area contributed by atoms with Gasteiger partial charge in [0.25, 0.3) is 0 Å². The number of hydrogen-bond acceptors (Lipinski definition) is 5. The molecule has 8 heteroatoms. The second-order valence-corrected chi connectivity index (χ2v) is 7.08. The molecule has 168 valence electrons. The van der Waals surface area contributed by atoms with E-state index in [1.807, 2.05) is 26.0 Å². The van der Waals surface area contributed by atoms with Crippen LogP contribution in [0.2, 0.25) is 0 Å². The van der Waals surface area contributed by atoms with Crippen molar-refractivity contribution in [1.82, 2.24) is 15.8 Å². The van der Waals surface area contributed by atoms with E-state index in [4.69, 9.17) is 19.0 Å². The highest BCUT2D eigenvalue weighted by atomic mass is 127. The van der Waals surface area contributed by atoms with Gasteiger partial charge in [0.15, 0.2) is 11.7 Å². The highest BCUT2D eigenvalue weighted by molar-refractivity contribution is 14.0. The number of benzene rings is 1. The number of hydrogen-bond donors (Lipinski definition) is 2. The molecule has 0 fully saturated rings. The minimum absolute atomic E-state index is 0. The molecule has 7 nitrogen and oxygen atoms in total. The minimum atomic E-state index is 0. The molecule has 2 rings (SSSR count). The summed E-state index contributed by atoms with van der Waals surface area (Å²) in [6, 6.07) is 8.15. The molecule has 0 amide bonds. The minimum Gasteiger partial charge on any atom is -0.491 e. The Morgan fingerprint density at radius 1 is 1.17 bits per heavy atom. The summed E-state index contributed by atoms with van der Waals surface area (Å²) in [5, 5.41) is 10.6. The Hall–Kier alpha value is -1.81. The lowest BCUT2D eigenvalue weighted by Gasteiger charge is -2.13. The first-order valence-electron chi connectivity index (χ1n) is 10.3. The van der Waals surface area contributed by atoms with Crippen LogP contribution in [0.1, 0.15) is 56.2 Å². The number of nitrogens with zero attached hydrogens (tertiary/aromatic N) is 2. The zero-order valence-electron chi connectivity index (χ0n) is 18.7. The summed E-state index contributed by atoms with van der Waals surface area (Å²) in [4.78, 5) is 4.70. The van der Waals surface area contributed by atoms with E-state index in [1.54, 1.807) is 0 Å². The van der Waals surface area contributed by atoms with Gasteiger partial charge in [-0.25, -0.2) is 4.99 Å². The van der Waals surface area contributed by atoms with Crippen molar-refractivity contribution >= 4 is 29.9 Å². The van der Waals surface area contributed by atoms with Gasteiger partial charge in [0.05, 0.1) is 25.4 Å². The normalized spacial score (nSPS) is 11.3. The van der Waals surface area contributed by atoms with Crippen molar-refractivity contribution in [2.75, 3.05) is 26.4 Å². The predicted molar refractivity (Wildman–Crippen MR) is 131 cm³/mol. The average molecular weight is 530 g/mol. The van der Waals surface area contributed by atoms with E-state index in [9.17, 15) is 0 Å². The first kappa shape index (κ1) is 26.2. The van der Waals surface area contributed by atoms with Gasteiger partial charge >= 0.3 is 0 Å². The molecule has 0 aliphatic carbocycles. The molecular weight excluding hydrogens is 495 g/mol. The zero-order valence-corrected chi connectivity index (χ0v) is 21.0. The fourth-order valence-electron chi connectivity index (χ4n) is 2.64. The quantitative estimate of drug-likeness (QED) is 0.194. The van der Waals surface area contributed by atoms with Gasteiger partial charge in [-0.1, -0.05) is 31.1 Å². The lowest BCUT2D eigenvalue weighted by atomic mass is 10.1. The van der Waals surface area contributed by atoms with Gasteiger partial charge < -0.3 is 24.6 Å². The Bertz CT molecular complexity index is 777. The van der Waals surface area contributed by atoms with Crippen molar-refractivity contribution in [3.05, 3.63) is 46.8 Å². The third kappa shape index (κ3) is 8.91. The van der Waals surface area contributed by atoms with Gasteiger partial charge in [-0.05, 0) is 38.3 Å². The molecule has 2 N–H and O–H groups in total. The summed E-state index contributed by atoms with van der Waals surface area (Å²) >= 11 is 0. The van der Waals surface area contributed by atoms with Crippen LogP contribution in [0.25, 0.3) is 0 Å². The smallest absolute Gasteiger partial charge is 0.191 e. The molecule has 30 heavy (non-hydrogen) atoms. The van der Waals surface area contributed by atoms with Crippen molar-refractivity contribution in [1.29, 1.82) is 0 Å². The highest BCUT2D eigenvalue weighted by Crippen LogP contribution is 2.21. The Morgan fingerprint density at radius 3 is 2.63 bits per heavy atom. The molecule has 0 saturated heterocycles. The first-order valence-corrected chi connectivity index (χ1v) is 10.3. The predicted octanol–water partition coefficient (Wildman–Crippen LogP) is 4.40. The fourth-order valence-corrected chi connectivity index (χ4v) is 2.64. The molecular formula is C22H35IN4O3. The first-order chi connectivity index (χ1) is 14.0. The number of nitrogens with one attached hydrogen (secondary N) is 2. The van der Waals surface area contributed by atoms with Gasteiger partial charge in [-0.15, -0.1) is 24.0 Å². The van der Waals surface area contributed by atoms with Gasteiger partial charge in [0.1, 0.15) is 12.4 Å². The zero-order chi connectivity index (χ0) is 21.1. The number of rotatable bonds is 11. The second kappa shape index (κ2) is 14.2. The molecule has 0 radical (unpaired) electrons. The van der Waals surface area contributed by atoms with Crippen LogP contribution in [0.4, 0.5) is 0 Å². The van der Waals surface area contributed by atoms with Crippen LogP contribution >= 0.6 is 24.0 Å². The number of guanidine groups is 1. The van der Waals surface area contributed by atoms with E-state index >= 15 is 0 Å². The summed E-state index contributed by atoms with van der Waals surface area (Å²) in [6.07, 6.45) is 0. The largest absolute Gasteiger partial charge is 0.491 e. The molecule has 0 bridgehead atoms. The van der Waals surface area contributed by atoms with Gasteiger partial charge in [0.2, 0.25) is 0 Å². The van der Waals surface area contributed by atoms with E-state index in [0.717, 1.165) is 40.8 Å². The maximum Gasteiger partial charge on any atom is 0.191 e. The van der Waals surface area contributed by atoms with Crippen molar-refractivity contribution in [2.45, 2.75) is 53.6 Å². The molecule has 0 spiro atoms. The van der Waals surface area contributed by atoms with E-state index in [0.29, 0.717) is 38.8 Å². The number of aliphatic imine (C=N–C) groups is 1. The molecule has 1 heterocycles. The Morgan fingerprint density at radius 2 is 1.97 bits per heavy atom. The van der Waals surface area contributed by atoms with Crippen LogP contribution < -0.4 is 15.4 Å². The van der Waals surface area contributed by atoms with Gasteiger partial charge in [-0.2, -0.15) is 0 Å². The van der Waals surface area contributed by atoms with Crippen molar-refractivity contribution in [2.24, 2.45) is 4.99 Å². The average Bonchev–Trinajstić information content (AvgIpc) is 3.18. The van der Waals surface area contributed by atoms with Crippen molar-refractivity contribution in [3.8, 4) is 5.75 Å². The lowest BCUT2D eigenvalue weighted by Crippen LogP contribution is -2.36. The fraction of sp³-hybridized carbons (Fsp3) is 0.545. The standard InChI is InChI=1S/C22H34N4O3.HI/c1-6-23-22(25-15-19-13-20(16(3)4)26-29-19)24-14-18-9-8-17(5)12-21(18)28-11-10-27-7-2;/h8-9,12-13,16H,6-7,10-11,14-15H2,1-5H3,(H2,23,24,25);1H. The van der Waals surface area contributed by atoms with Crippen LogP contribution in [0.15, 0.2) is 33.8 Å². The Labute approximate surface area is 197 Å². The molecule has 1 aromatic carbocycles. The summed E-state index contributed by atoms with van der Waals surface area (Å²) in [7, 11) is 0. The van der Waals surface area contributed by atoms with Crippen LogP contribution in [0.5, 0.6) is 5.75 Å². The molecule has 0 saturated carbocycles. The van der Waals surface area contributed by atoms with Crippen LogP contribution in [-0.2, 0) is 17.8 Å². The number of aromatic nitrogens is 1. The third-order valence-electron chi connectivity index (χ3n) is 4.26. The molecule has 0 atom stereocenters. The second-order valence-electron chi connectivity index (χ2n) is 7.08. The maximum atomic E-state index is 5.91. The summed E-state index contributed by atoms with van der Waals surface area (Å²) < 4.78 is 16.7. The summed E-state index contributed by atoms with van der Waals surface area (Å²) in [6.45, 7) is 13.8. The summed E-state index contributed by atoms with van der Waals surface area (Å²) in [5.41, 5.74) is 3.14. The maximum absolute atomic E-state index is 5.91. The topological polar surface area (TPSA) is 80.9 Å². The number of halogens is 1. The number of aryl methyl sites for hydroxylation is 1. The van der Waals surface area contributed by atoms with E-state index in [2.05, 4.69) is 48.7 Å². The molecule has 0 aliphatic rings. The SMILES string of the molecule is CCNC(=NCc1ccc(C)cc1OCCOCC)NCc1cc(C(C)C)no1.I. The monoisotopic (exact) mass is 530 g/mol. The number of ether oxygens (including phenoxy) is 2. The van der Waals surface area contributed by atoms with Gasteiger partial charge in [0, 0.05) is 24.8 Å². The third-order valence-corrected chi connectivity index (χ3v) is 4.26. The van der Waals surface area contributed by atoms with Crippen LogP contribution in [0, 0.1) is 6.92 Å².